The summed E-state index contributed by atoms with van der Waals surface area (Å²) in [7, 11) is 0. The maximum atomic E-state index is 13.1. The number of hydrogen-bond donors (Lipinski definition) is 3. The van der Waals surface area contributed by atoms with Gasteiger partial charge in [-0.3, -0.25) is 9.78 Å². The maximum Gasteiger partial charge on any atom is 0.481 e. The number of aromatic nitrogens is 3. The number of allylic oxidation sites excluding steroid dienone is 1. The molecule has 7 nitrogen and oxygen atoms in total. The number of β-lactam (4-membered cyclic amide) rings is 1. The number of hydrogen-bond acceptors (Lipinski definition) is 5. The van der Waals surface area contributed by atoms with Crippen molar-refractivity contribution in [2.45, 2.75) is 32.1 Å². The number of carbonyl (C=O) groups is 1. The van der Waals surface area contributed by atoms with Crippen LogP contribution in [0.5, 0.6) is 0 Å². The third kappa shape index (κ3) is 3.85. The molecule has 2 aromatic heterocycles. The van der Waals surface area contributed by atoms with E-state index in [2.05, 4.69) is 15.0 Å². The van der Waals surface area contributed by atoms with Crippen molar-refractivity contribution in [3.05, 3.63) is 59.8 Å². The van der Waals surface area contributed by atoms with Crippen LogP contribution in [0.25, 0.3) is 16.6 Å². The van der Waals surface area contributed by atoms with E-state index in [0.29, 0.717) is 5.92 Å². The molecule has 1 aliphatic heterocycles. The summed E-state index contributed by atoms with van der Waals surface area (Å²) in [5.74, 6) is 0.256. The smallest absolute Gasteiger partial charge is 0.345 e. The molecule has 0 spiro atoms. The van der Waals surface area contributed by atoms with Crippen LogP contribution in [0, 0.1) is 24.2 Å². The minimum Gasteiger partial charge on any atom is -0.345 e. The van der Waals surface area contributed by atoms with Gasteiger partial charge in [0.15, 0.2) is 0 Å². The molecule has 2 aliphatic rings. The van der Waals surface area contributed by atoms with E-state index >= 15 is 0 Å². The number of nitrogens with zero attached hydrogens (tertiary/aromatic N) is 3. The van der Waals surface area contributed by atoms with E-state index in [0.717, 1.165) is 53.1 Å². The average Bonchev–Trinajstić information content (AvgIpc) is 3.47. The standard InChI is InChI=1S/C23H21F3N6O/c1-12-6-18(14(8-27)9-31-23(24,25)26)28-10-16(12)21-20(13-2-3-13)22(33)32(21)15-4-5-17-19(7-15)30-11-29-17/h4-11,13,20-21,27,31H,2-3H2,1H3,(H,29,30)/b14-9+,27-8?/t20-,21+/m1/s1. The topological polar surface area (TPSA) is 97.8 Å². The molecule has 0 bridgehead atoms. The van der Waals surface area contributed by atoms with Crippen molar-refractivity contribution in [2.75, 3.05) is 4.90 Å². The fourth-order valence-electron chi connectivity index (χ4n) is 4.50. The van der Waals surface area contributed by atoms with E-state index in [4.69, 9.17) is 5.41 Å². The molecule has 3 aromatic rings. The van der Waals surface area contributed by atoms with E-state index in [1.807, 2.05) is 25.1 Å². The first-order chi connectivity index (χ1) is 15.8. The molecule has 1 aromatic carbocycles. The van der Waals surface area contributed by atoms with Gasteiger partial charge >= 0.3 is 6.30 Å². The van der Waals surface area contributed by atoms with Crippen molar-refractivity contribution in [3.8, 4) is 0 Å². The minimum absolute atomic E-state index is 0.00578. The average molecular weight is 454 g/mol. The highest BCUT2D eigenvalue weighted by Crippen LogP contribution is 2.54. The summed E-state index contributed by atoms with van der Waals surface area (Å²) in [5, 5.41) is 8.79. The molecule has 33 heavy (non-hydrogen) atoms. The second-order valence-electron chi connectivity index (χ2n) is 8.43. The van der Waals surface area contributed by atoms with Crippen molar-refractivity contribution in [3.63, 3.8) is 0 Å². The summed E-state index contributed by atoms with van der Waals surface area (Å²) in [4.78, 5) is 26.6. The first kappa shape index (κ1) is 21.2. The van der Waals surface area contributed by atoms with Crippen molar-refractivity contribution in [1.29, 1.82) is 5.41 Å². The molecule has 3 heterocycles. The number of anilines is 1. The van der Waals surface area contributed by atoms with Crippen molar-refractivity contribution in [1.82, 2.24) is 20.3 Å². The van der Waals surface area contributed by atoms with Crippen LogP contribution >= 0.6 is 0 Å². The highest BCUT2D eigenvalue weighted by atomic mass is 19.4. The van der Waals surface area contributed by atoms with Crippen LogP contribution in [-0.2, 0) is 4.79 Å². The van der Waals surface area contributed by atoms with Gasteiger partial charge in [-0.2, -0.15) is 13.2 Å². The first-order valence-electron chi connectivity index (χ1n) is 10.5. The number of nitrogens with one attached hydrogen (secondary N) is 3. The SMILES string of the molecule is Cc1cc(/C(C=N)=C/NC(F)(F)F)ncc1[C@H]1[C@@H](C2CC2)C(=O)N1c1ccc2[nH]cnc2c1. The number of H-pyrrole nitrogens is 1. The van der Waals surface area contributed by atoms with Gasteiger partial charge in [0.1, 0.15) is 0 Å². The molecule has 5 rings (SSSR count). The Morgan fingerprint density at radius 3 is 2.73 bits per heavy atom. The molecule has 1 saturated carbocycles. The van der Waals surface area contributed by atoms with Gasteiger partial charge in [-0.05, 0) is 61.1 Å². The second kappa shape index (κ2) is 7.72. The molecule has 0 radical (unpaired) electrons. The minimum atomic E-state index is -4.59. The number of aryl methyl sites for hydroxylation is 1. The number of pyridine rings is 1. The molecule has 1 aliphatic carbocycles. The van der Waals surface area contributed by atoms with Gasteiger partial charge in [0.25, 0.3) is 0 Å². The van der Waals surface area contributed by atoms with Crippen molar-refractivity contribution >= 4 is 34.4 Å². The number of halogens is 3. The summed E-state index contributed by atoms with van der Waals surface area (Å²) in [6, 6.07) is 7.09. The Balaban J connectivity index is 1.50. The van der Waals surface area contributed by atoms with Gasteiger partial charge in [0, 0.05) is 29.9 Å². The molecule has 2 atom stereocenters. The Morgan fingerprint density at radius 2 is 2.06 bits per heavy atom. The summed E-state index contributed by atoms with van der Waals surface area (Å²) in [6.45, 7) is 1.85. The number of aromatic amines is 1. The highest BCUT2D eigenvalue weighted by molar-refractivity contribution is 6.07. The predicted octanol–water partition coefficient (Wildman–Crippen LogP) is 4.48. The molecule has 3 N–H and O–H groups in total. The normalized spacial score (nSPS) is 21.3. The van der Waals surface area contributed by atoms with Crippen LogP contribution in [0.4, 0.5) is 18.9 Å². The van der Waals surface area contributed by atoms with Gasteiger partial charge in [-0.25, -0.2) is 4.98 Å². The molecule has 1 saturated heterocycles. The Hall–Kier alpha value is -3.69. The largest absolute Gasteiger partial charge is 0.481 e. The van der Waals surface area contributed by atoms with Crippen molar-refractivity contribution < 1.29 is 18.0 Å². The lowest BCUT2D eigenvalue weighted by Crippen LogP contribution is -2.56. The Bertz CT molecular complexity index is 1280. The molecular formula is C23H21F3N6O. The maximum absolute atomic E-state index is 13.1. The third-order valence-corrected chi connectivity index (χ3v) is 6.27. The third-order valence-electron chi connectivity index (χ3n) is 6.27. The zero-order valence-electron chi connectivity index (χ0n) is 17.6. The van der Waals surface area contributed by atoms with Gasteiger partial charge in [0.05, 0.1) is 35.0 Å². The molecule has 170 valence electrons. The van der Waals surface area contributed by atoms with Gasteiger partial charge in [-0.1, -0.05) is 0 Å². The summed E-state index contributed by atoms with van der Waals surface area (Å²) in [6.07, 6.45) is 2.18. The molecule has 10 heteroatoms. The van der Waals surface area contributed by atoms with Gasteiger partial charge in [-0.15, -0.1) is 0 Å². The number of benzene rings is 1. The fourth-order valence-corrected chi connectivity index (χ4v) is 4.50. The quantitative estimate of drug-likeness (QED) is 0.291. The number of rotatable bonds is 6. The van der Waals surface area contributed by atoms with Crippen LogP contribution in [0.15, 0.2) is 43.0 Å². The number of amides is 1. The van der Waals surface area contributed by atoms with Crippen LogP contribution in [0.2, 0.25) is 0 Å². The molecule has 0 unspecified atom stereocenters. The Labute approximate surface area is 187 Å². The lowest BCUT2D eigenvalue weighted by molar-refractivity contribution is -0.146. The van der Waals surface area contributed by atoms with Crippen LogP contribution in [-0.4, -0.2) is 33.4 Å². The van der Waals surface area contributed by atoms with Crippen LogP contribution in [0.3, 0.4) is 0 Å². The molecule has 2 fully saturated rings. The molecule has 1 amide bonds. The van der Waals surface area contributed by atoms with E-state index in [-0.39, 0.29) is 29.1 Å². The monoisotopic (exact) mass is 454 g/mol. The van der Waals surface area contributed by atoms with Gasteiger partial charge in [0.2, 0.25) is 5.91 Å². The van der Waals surface area contributed by atoms with Gasteiger partial charge < -0.3 is 20.6 Å². The summed E-state index contributed by atoms with van der Waals surface area (Å²) in [5.41, 5.74) is 4.30. The van der Waals surface area contributed by atoms with E-state index in [1.54, 1.807) is 23.5 Å². The number of carbonyl (C=O) groups excluding carboxylic acids is 1. The summed E-state index contributed by atoms with van der Waals surface area (Å²) >= 11 is 0. The van der Waals surface area contributed by atoms with Crippen molar-refractivity contribution in [2.24, 2.45) is 11.8 Å². The number of alkyl halides is 3. The first-order valence-corrected chi connectivity index (χ1v) is 10.5. The lowest BCUT2D eigenvalue weighted by atomic mass is 9.77. The Kier molecular flexibility index (Phi) is 4.95. The number of fused-ring (bicyclic) bond motifs is 1. The van der Waals surface area contributed by atoms with E-state index < -0.39 is 6.30 Å². The fraction of sp³-hybridized carbons (Fsp3) is 0.304. The zero-order chi connectivity index (χ0) is 23.3. The Morgan fingerprint density at radius 1 is 1.27 bits per heavy atom. The van der Waals surface area contributed by atoms with E-state index in [1.165, 1.54) is 5.32 Å². The molecular weight excluding hydrogens is 433 g/mol. The predicted molar refractivity (Wildman–Crippen MR) is 117 cm³/mol. The highest BCUT2D eigenvalue weighted by Gasteiger charge is 2.55. The van der Waals surface area contributed by atoms with Crippen LogP contribution in [0.1, 0.15) is 35.7 Å². The second-order valence-corrected chi connectivity index (χ2v) is 8.43. The number of imidazole rings is 1. The lowest BCUT2D eigenvalue weighted by Gasteiger charge is -2.48. The summed E-state index contributed by atoms with van der Waals surface area (Å²) < 4.78 is 37.6. The van der Waals surface area contributed by atoms with E-state index in [9.17, 15) is 18.0 Å². The zero-order valence-corrected chi connectivity index (χ0v) is 17.6. The van der Waals surface area contributed by atoms with Crippen LogP contribution < -0.4 is 10.2 Å².